The van der Waals surface area contributed by atoms with Gasteiger partial charge in [-0.15, -0.1) is 0 Å². The molecule has 0 bridgehead atoms. The normalized spacial score (nSPS) is 14.5. The van der Waals surface area contributed by atoms with Crippen molar-refractivity contribution in [2.24, 2.45) is 5.92 Å². The third-order valence-electron chi connectivity index (χ3n) is 4.41. The zero-order valence-corrected chi connectivity index (χ0v) is 15.8. The van der Waals surface area contributed by atoms with Crippen molar-refractivity contribution >= 4 is 5.91 Å². The van der Waals surface area contributed by atoms with Crippen molar-refractivity contribution < 1.29 is 27.8 Å². The van der Waals surface area contributed by atoms with Crippen molar-refractivity contribution in [2.45, 2.75) is 32.9 Å². The molecule has 0 radical (unpaired) electrons. The zero-order valence-electron chi connectivity index (χ0n) is 15.8. The van der Waals surface area contributed by atoms with Crippen LogP contribution in [0.3, 0.4) is 0 Å². The molecule has 0 fully saturated rings. The number of carbonyl (C=O) groups excluding carboxylic acids is 1. The zero-order chi connectivity index (χ0) is 20.1. The Kier molecular flexibility index (Phi) is 6.34. The van der Waals surface area contributed by atoms with Crippen LogP contribution < -0.4 is 19.5 Å². The quantitative estimate of drug-likeness (QED) is 0.783. The van der Waals surface area contributed by atoms with Gasteiger partial charge in [-0.3, -0.25) is 4.79 Å². The van der Waals surface area contributed by atoms with Crippen LogP contribution in [0.4, 0.5) is 8.78 Å². The van der Waals surface area contributed by atoms with Gasteiger partial charge in [0.2, 0.25) is 0 Å². The second kappa shape index (κ2) is 8.91. The summed E-state index contributed by atoms with van der Waals surface area (Å²) in [5, 5.41) is 2.97. The van der Waals surface area contributed by atoms with Crippen molar-refractivity contribution in [1.29, 1.82) is 0 Å². The fraction of sp³-hybridized carbons (Fsp3) is 0.381. The molecule has 1 N–H and O–H groups in total. The summed E-state index contributed by atoms with van der Waals surface area (Å²) >= 11 is 0. The summed E-state index contributed by atoms with van der Waals surface area (Å²) in [7, 11) is 0. The van der Waals surface area contributed by atoms with Gasteiger partial charge in [-0.1, -0.05) is 26.0 Å². The van der Waals surface area contributed by atoms with Crippen molar-refractivity contribution in [3.8, 4) is 17.2 Å². The van der Waals surface area contributed by atoms with E-state index in [2.05, 4.69) is 10.1 Å². The van der Waals surface area contributed by atoms with Crippen LogP contribution in [-0.2, 0) is 0 Å². The summed E-state index contributed by atoms with van der Waals surface area (Å²) in [6, 6.07) is 11.1. The van der Waals surface area contributed by atoms with Crippen LogP contribution in [0.5, 0.6) is 17.2 Å². The molecule has 0 saturated carbocycles. The number of hydrogen-bond acceptors (Lipinski definition) is 4. The minimum atomic E-state index is -2.94. The lowest BCUT2D eigenvalue weighted by Gasteiger charge is -2.24. The molecular formula is C21H23F2NO4. The van der Waals surface area contributed by atoms with E-state index in [0.717, 1.165) is 12.0 Å². The SMILES string of the molecule is CC(C)[C@H](NC(=O)c1cccc(OC(F)F)c1)c1ccc2c(c1)OCCCO2. The summed E-state index contributed by atoms with van der Waals surface area (Å²) < 4.78 is 40.6. The monoisotopic (exact) mass is 391 g/mol. The topological polar surface area (TPSA) is 56.8 Å². The van der Waals surface area contributed by atoms with E-state index >= 15 is 0 Å². The summed E-state index contributed by atoms with van der Waals surface area (Å²) in [6.07, 6.45) is 0.811. The Bertz CT molecular complexity index is 826. The van der Waals surface area contributed by atoms with E-state index in [-0.39, 0.29) is 29.2 Å². The fourth-order valence-electron chi connectivity index (χ4n) is 3.05. The van der Waals surface area contributed by atoms with Crippen LogP contribution in [0.15, 0.2) is 42.5 Å². The predicted octanol–water partition coefficient (Wildman–Crippen LogP) is 4.58. The van der Waals surface area contributed by atoms with Crippen LogP contribution in [0.1, 0.15) is 42.2 Å². The molecule has 1 aliphatic heterocycles. The first-order valence-electron chi connectivity index (χ1n) is 9.19. The molecule has 2 aromatic rings. The molecule has 7 heteroatoms. The van der Waals surface area contributed by atoms with Crippen LogP contribution in [0.2, 0.25) is 0 Å². The number of nitrogens with one attached hydrogen (secondary N) is 1. The number of alkyl halides is 2. The lowest BCUT2D eigenvalue weighted by molar-refractivity contribution is -0.0498. The predicted molar refractivity (Wildman–Crippen MR) is 100 cm³/mol. The molecule has 1 amide bonds. The number of rotatable bonds is 6. The van der Waals surface area contributed by atoms with Gasteiger partial charge in [-0.25, -0.2) is 0 Å². The Labute approximate surface area is 162 Å². The highest BCUT2D eigenvalue weighted by molar-refractivity contribution is 5.94. The minimum absolute atomic E-state index is 0.0562. The number of hydrogen-bond donors (Lipinski definition) is 1. The lowest BCUT2D eigenvalue weighted by Crippen LogP contribution is -2.31. The summed E-state index contributed by atoms with van der Waals surface area (Å²) in [6.45, 7) is 2.22. The van der Waals surface area contributed by atoms with Crippen molar-refractivity contribution in [2.75, 3.05) is 13.2 Å². The maximum atomic E-state index is 12.7. The van der Waals surface area contributed by atoms with Gasteiger partial charge in [-0.05, 0) is 41.8 Å². The van der Waals surface area contributed by atoms with E-state index in [1.165, 1.54) is 18.2 Å². The Hall–Kier alpha value is -2.83. The Balaban J connectivity index is 1.80. The summed E-state index contributed by atoms with van der Waals surface area (Å²) in [5.74, 6) is 1.01. The third kappa shape index (κ3) is 4.91. The molecule has 1 aliphatic rings. The van der Waals surface area contributed by atoms with Crippen LogP contribution in [-0.4, -0.2) is 25.7 Å². The first-order valence-corrected chi connectivity index (χ1v) is 9.19. The van der Waals surface area contributed by atoms with E-state index in [4.69, 9.17) is 9.47 Å². The number of amides is 1. The van der Waals surface area contributed by atoms with Crippen LogP contribution in [0.25, 0.3) is 0 Å². The molecule has 0 spiro atoms. The van der Waals surface area contributed by atoms with E-state index in [1.54, 1.807) is 6.07 Å². The standard InChI is InChI=1S/C21H23F2NO4/c1-13(2)19(14-7-8-17-18(12-14)27-10-4-9-26-17)24-20(25)15-5-3-6-16(11-15)28-21(22)23/h3,5-8,11-13,19,21H,4,9-10H2,1-2H3,(H,24,25)/t19-/m0/s1. The molecule has 1 heterocycles. The molecule has 2 aromatic carbocycles. The average Bonchev–Trinajstić information content (AvgIpc) is 2.90. The summed E-state index contributed by atoms with van der Waals surface area (Å²) in [4.78, 5) is 12.7. The number of halogens is 2. The van der Waals surface area contributed by atoms with E-state index in [1.807, 2.05) is 32.0 Å². The first kappa shape index (κ1) is 19.9. The highest BCUT2D eigenvalue weighted by Crippen LogP contribution is 2.34. The molecule has 150 valence electrons. The van der Waals surface area contributed by atoms with Crippen molar-refractivity contribution in [3.63, 3.8) is 0 Å². The third-order valence-corrected chi connectivity index (χ3v) is 4.41. The second-order valence-corrected chi connectivity index (χ2v) is 6.86. The van der Waals surface area contributed by atoms with Crippen molar-refractivity contribution in [3.05, 3.63) is 53.6 Å². The largest absolute Gasteiger partial charge is 0.490 e. The van der Waals surface area contributed by atoms with Gasteiger partial charge < -0.3 is 19.5 Å². The van der Waals surface area contributed by atoms with Crippen LogP contribution >= 0.6 is 0 Å². The first-order chi connectivity index (χ1) is 13.4. The van der Waals surface area contributed by atoms with Gasteiger partial charge in [0.05, 0.1) is 19.3 Å². The lowest BCUT2D eigenvalue weighted by atomic mass is 9.95. The van der Waals surface area contributed by atoms with Crippen molar-refractivity contribution in [1.82, 2.24) is 5.32 Å². The minimum Gasteiger partial charge on any atom is -0.490 e. The fourth-order valence-corrected chi connectivity index (χ4v) is 3.05. The second-order valence-electron chi connectivity index (χ2n) is 6.86. The van der Waals surface area contributed by atoms with Gasteiger partial charge >= 0.3 is 6.61 Å². The van der Waals surface area contributed by atoms with Gasteiger partial charge in [0.25, 0.3) is 5.91 Å². The molecule has 0 aliphatic carbocycles. The molecule has 0 saturated heterocycles. The molecule has 28 heavy (non-hydrogen) atoms. The number of carbonyl (C=O) groups is 1. The smallest absolute Gasteiger partial charge is 0.387 e. The van der Waals surface area contributed by atoms with E-state index in [0.29, 0.717) is 24.7 Å². The van der Waals surface area contributed by atoms with E-state index < -0.39 is 6.61 Å². The molecule has 0 unspecified atom stereocenters. The molecular weight excluding hydrogens is 368 g/mol. The number of benzene rings is 2. The molecule has 3 rings (SSSR count). The van der Waals surface area contributed by atoms with Gasteiger partial charge in [-0.2, -0.15) is 8.78 Å². The average molecular weight is 391 g/mol. The highest BCUT2D eigenvalue weighted by Gasteiger charge is 2.22. The Morgan fingerprint density at radius 3 is 2.54 bits per heavy atom. The Morgan fingerprint density at radius 1 is 1.07 bits per heavy atom. The summed E-state index contributed by atoms with van der Waals surface area (Å²) in [5.41, 5.74) is 1.13. The maximum absolute atomic E-state index is 12.7. The van der Waals surface area contributed by atoms with E-state index in [9.17, 15) is 13.6 Å². The van der Waals surface area contributed by atoms with Gasteiger partial charge in [0.1, 0.15) is 5.75 Å². The number of ether oxygens (including phenoxy) is 3. The highest BCUT2D eigenvalue weighted by atomic mass is 19.3. The molecule has 0 aromatic heterocycles. The van der Waals surface area contributed by atoms with Gasteiger partial charge in [0.15, 0.2) is 11.5 Å². The molecule has 1 atom stereocenters. The Morgan fingerprint density at radius 2 is 1.82 bits per heavy atom. The maximum Gasteiger partial charge on any atom is 0.387 e. The van der Waals surface area contributed by atoms with Crippen LogP contribution in [0, 0.1) is 5.92 Å². The van der Waals surface area contributed by atoms with Gasteiger partial charge in [0, 0.05) is 12.0 Å². The number of fused-ring (bicyclic) bond motifs is 1. The molecule has 5 nitrogen and oxygen atoms in total.